The van der Waals surface area contributed by atoms with Crippen LogP contribution in [0.1, 0.15) is 36.7 Å². The Morgan fingerprint density at radius 2 is 2.35 bits per heavy atom. The van der Waals surface area contributed by atoms with E-state index in [-0.39, 0.29) is 18.3 Å². The van der Waals surface area contributed by atoms with E-state index >= 15 is 0 Å². The summed E-state index contributed by atoms with van der Waals surface area (Å²) in [7, 11) is 0. The standard InChI is InChI=1S/C12H17N3O.ClH/c1-2-9-5-4-8-15(9)12(16)10-6-3-7-11(13)14-10;/h3,6-7,9H,2,4-5,8H2,1H3,(H2,13,14);1H. The Morgan fingerprint density at radius 1 is 1.59 bits per heavy atom. The molecule has 1 amide bonds. The van der Waals surface area contributed by atoms with Gasteiger partial charge < -0.3 is 10.6 Å². The van der Waals surface area contributed by atoms with Crippen molar-refractivity contribution in [2.24, 2.45) is 0 Å². The lowest BCUT2D eigenvalue weighted by molar-refractivity contribution is 0.0728. The van der Waals surface area contributed by atoms with Crippen LogP contribution in [0.5, 0.6) is 0 Å². The Labute approximate surface area is 108 Å². The number of nitrogen functional groups attached to an aromatic ring is 1. The van der Waals surface area contributed by atoms with E-state index in [1.807, 2.05) is 4.90 Å². The van der Waals surface area contributed by atoms with Gasteiger partial charge in [-0.1, -0.05) is 13.0 Å². The second kappa shape index (κ2) is 5.87. The zero-order chi connectivity index (χ0) is 11.5. The second-order valence-electron chi connectivity index (χ2n) is 4.15. The fraction of sp³-hybridized carbons (Fsp3) is 0.500. The van der Waals surface area contributed by atoms with Crippen molar-refractivity contribution in [3.63, 3.8) is 0 Å². The van der Waals surface area contributed by atoms with Gasteiger partial charge in [-0.25, -0.2) is 4.98 Å². The Balaban J connectivity index is 0.00000144. The molecular formula is C12H18ClN3O. The molecule has 1 aliphatic heterocycles. The molecule has 1 atom stereocenters. The number of anilines is 1. The van der Waals surface area contributed by atoms with Crippen LogP contribution in [0.25, 0.3) is 0 Å². The molecule has 1 unspecified atom stereocenters. The Bertz CT molecular complexity index is 397. The highest BCUT2D eigenvalue weighted by atomic mass is 35.5. The number of amides is 1. The highest BCUT2D eigenvalue weighted by molar-refractivity contribution is 5.93. The lowest BCUT2D eigenvalue weighted by Crippen LogP contribution is -2.35. The van der Waals surface area contributed by atoms with Crippen molar-refractivity contribution in [3.05, 3.63) is 23.9 Å². The maximum atomic E-state index is 12.2. The van der Waals surface area contributed by atoms with E-state index in [9.17, 15) is 4.79 Å². The van der Waals surface area contributed by atoms with E-state index in [0.29, 0.717) is 17.6 Å². The minimum atomic E-state index is 0. The van der Waals surface area contributed by atoms with Gasteiger partial charge in [-0.2, -0.15) is 0 Å². The van der Waals surface area contributed by atoms with Gasteiger partial charge in [0.25, 0.3) is 5.91 Å². The van der Waals surface area contributed by atoms with Crippen LogP contribution in [0.3, 0.4) is 0 Å². The van der Waals surface area contributed by atoms with Crippen molar-refractivity contribution in [3.8, 4) is 0 Å². The second-order valence-corrected chi connectivity index (χ2v) is 4.15. The maximum Gasteiger partial charge on any atom is 0.272 e. The van der Waals surface area contributed by atoms with Crippen LogP contribution in [-0.2, 0) is 0 Å². The van der Waals surface area contributed by atoms with E-state index < -0.39 is 0 Å². The molecular weight excluding hydrogens is 238 g/mol. The smallest absolute Gasteiger partial charge is 0.272 e. The highest BCUT2D eigenvalue weighted by Gasteiger charge is 2.28. The Hall–Kier alpha value is -1.29. The number of carbonyl (C=O) groups excluding carboxylic acids is 1. The summed E-state index contributed by atoms with van der Waals surface area (Å²) in [5.41, 5.74) is 6.04. The van der Waals surface area contributed by atoms with E-state index in [1.165, 1.54) is 0 Å². The summed E-state index contributed by atoms with van der Waals surface area (Å²) in [4.78, 5) is 18.2. The van der Waals surface area contributed by atoms with Gasteiger partial charge in [-0.3, -0.25) is 4.79 Å². The molecule has 0 saturated carbocycles. The van der Waals surface area contributed by atoms with Gasteiger partial charge in [0.1, 0.15) is 11.5 Å². The molecule has 4 nitrogen and oxygen atoms in total. The molecule has 0 spiro atoms. The third-order valence-corrected chi connectivity index (χ3v) is 3.10. The summed E-state index contributed by atoms with van der Waals surface area (Å²) in [6.07, 6.45) is 3.20. The first-order chi connectivity index (χ1) is 7.72. The van der Waals surface area contributed by atoms with Crippen molar-refractivity contribution in [1.82, 2.24) is 9.88 Å². The van der Waals surface area contributed by atoms with Gasteiger partial charge in [-0.15, -0.1) is 12.4 Å². The van der Waals surface area contributed by atoms with E-state index in [2.05, 4.69) is 11.9 Å². The Kier molecular flexibility index (Phi) is 4.75. The average molecular weight is 256 g/mol. The summed E-state index contributed by atoms with van der Waals surface area (Å²) >= 11 is 0. The predicted octanol–water partition coefficient (Wildman–Crippen LogP) is 2.10. The number of nitrogens with two attached hydrogens (primary N) is 1. The van der Waals surface area contributed by atoms with Gasteiger partial charge in [0.05, 0.1) is 0 Å². The summed E-state index contributed by atoms with van der Waals surface area (Å²) in [6, 6.07) is 5.56. The Morgan fingerprint density at radius 3 is 3.00 bits per heavy atom. The van der Waals surface area contributed by atoms with Crippen LogP contribution in [0, 0.1) is 0 Å². The SMILES string of the molecule is CCC1CCCN1C(=O)c1cccc(N)n1.Cl. The zero-order valence-electron chi connectivity index (χ0n) is 9.93. The van der Waals surface area contributed by atoms with Crippen LogP contribution in [-0.4, -0.2) is 28.4 Å². The number of hydrogen-bond acceptors (Lipinski definition) is 3. The normalized spacial score (nSPS) is 18.9. The molecule has 2 rings (SSSR count). The van der Waals surface area contributed by atoms with E-state index in [1.54, 1.807) is 18.2 Å². The number of rotatable bonds is 2. The average Bonchev–Trinajstić information content (AvgIpc) is 2.76. The van der Waals surface area contributed by atoms with Gasteiger partial charge in [-0.05, 0) is 31.4 Å². The molecule has 0 bridgehead atoms. The van der Waals surface area contributed by atoms with Crippen LogP contribution < -0.4 is 5.73 Å². The number of halogens is 1. The molecule has 0 aromatic carbocycles. The molecule has 5 heteroatoms. The topological polar surface area (TPSA) is 59.2 Å². The molecule has 2 heterocycles. The van der Waals surface area contributed by atoms with Crippen LogP contribution in [0.2, 0.25) is 0 Å². The van der Waals surface area contributed by atoms with E-state index in [4.69, 9.17) is 5.73 Å². The summed E-state index contributed by atoms with van der Waals surface area (Å²) < 4.78 is 0. The van der Waals surface area contributed by atoms with E-state index in [0.717, 1.165) is 25.8 Å². The minimum Gasteiger partial charge on any atom is -0.384 e. The van der Waals surface area contributed by atoms with Crippen molar-refractivity contribution in [2.45, 2.75) is 32.2 Å². The molecule has 1 saturated heterocycles. The molecule has 1 fully saturated rings. The molecule has 94 valence electrons. The number of carbonyl (C=O) groups is 1. The molecule has 1 aromatic heterocycles. The maximum absolute atomic E-state index is 12.2. The third kappa shape index (κ3) is 2.88. The van der Waals surface area contributed by atoms with Crippen molar-refractivity contribution in [1.29, 1.82) is 0 Å². The zero-order valence-corrected chi connectivity index (χ0v) is 10.7. The van der Waals surface area contributed by atoms with Gasteiger partial charge in [0, 0.05) is 12.6 Å². The van der Waals surface area contributed by atoms with Crippen molar-refractivity contribution in [2.75, 3.05) is 12.3 Å². The molecule has 1 aliphatic rings. The number of hydrogen-bond donors (Lipinski definition) is 1. The molecule has 0 radical (unpaired) electrons. The third-order valence-electron chi connectivity index (χ3n) is 3.10. The molecule has 2 N–H and O–H groups in total. The summed E-state index contributed by atoms with van der Waals surface area (Å²) in [6.45, 7) is 2.96. The highest BCUT2D eigenvalue weighted by Crippen LogP contribution is 2.21. The largest absolute Gasteiger partial charge is 0.384 e. The summed E-state index contributed by atoms with van der Waals surface area (Å²) in [5.74, 6) is 0.412. The first kappa shape index (κ1) is 13.8. The first-order valence-electron chi connectivity index (χ1n) is 5.76. The van der Waals surface area contributed by atoms with Crippen LogP contribution >= 0.6 is 12.4 Å². The summed E-state index contributed by atoms with van der Waals surface area (Å²) in [5, 5.41) is 0. The molecule has 17 heavy (non-hydrogen) atoms. The number of nitrogens with zero attached hydrogens (tertiary/aromatic N) is 2. The number of aromatic nitrogens is 1. The lowest BCUT2D eigenvalue weighted by atomic mass is 10.1. The number of pyridine rings is 1. The first-order valence-corrected chi connectivity index (χ1v) is 5.76. The van der Waals surface area contributed by atoms with Crippen molar-refractivity contribution >= 4 is 24.1 Å². The predicted molar refractivity (Wildman–Crippen MR) is 70.2 cm³/mol. The molecule has 0 aliphatic carbocycles. The van der Waals surface area contributed by atoms with Crippen LogP contribution in [0.15, 0.2) is 18.2 Å². The van der Waals surface area contributed by atoms with Gasteiger partial charge >= 0.3 is 0 Å². The van der Waals surface area contributed by atoms with Crippen molar-refractivity contribution < 1.29 is 4.79 Å². The van der Waals surface area contributed by atoms with Gasteiger partial charge in [0.2, 0.25) is 0 Å². The fourth-order valence-corrected chi connectivity index (χ4v) is 2.25. The number of likely N-dealkylation sites (tertiary alicyclic amines) is 1. The fourth-order valence-electron chi connectivity index (χ4n) is 2.25. The molecule has 1 aromatic rings. The monoisotopic (exact) mass is 255 g/mol. The van der Waals surface area contributed by atoms with Gasteiger partial charge in [0.15, 0.2) is 0 Å². The quantitative estimate of drug-likeness (QED) is 0.881. The minimum absolute atomic E-state index is 0. The lowest BCUT2D eigenvalue weighted by Gasteiger charge is -2.23. The van der Waals surface area contributed by atoms with Crippen LogP contribution in [0.4, 0.5) is 5.82 Å².